The standard InChI is InChI=1S/C25H34N2O2/c1-2-27(24-21-12-18-11-19(14-21)15-22(24)13-18)25(29)20-7-9-26(10-8-20)23-5-3-17(16-28)4-6-23/h3-6,16,18-22,24H,2,7-15H2,1H3. The van der Waals surface area contributed by atoms with Crippen molar-refractivity contribution in [2.75, 3.05) is 24.5 Å². The molecule has 4 saturated carbocycles. The average molecular weight is 395 g/mol. The van der Waals surface area contributed by atoms with E-state index in [4.69, 9.17) is 0 Å². The number of hydrogen-bond acceptors (Lipinski definition) is 3. The van der Waals surface area contributed by atoms with Crippen LogP contribution in [0.15, 0.2) is 24.3 Å². The third-order valence-electron chi connectivity index (χ3n) is 8.40. The lowest BCUT2D eigenvalue weighted by Gasteiger charge is -2.57. The molecule has 1 aliphatic heterocycles. The molecular formula is C25H34N2O2. The first-order chi connectivity index (χ1) is 14.2. The first kappa shape index (κ1) is 19.1. The Balaban J connectivity index is 1.23. The number of aldehydes is 1. The summed E-state index contributed by atoms with van der Waals surface area (Å²) in [5.74, 6) is 4.06. The molecule has 4 nitrogen and oxygen atoms in total. The molecule has 0 spiro atoms. The van der Waals surface area contributed by atoms with Crippen LogP contribution in [0.1, 0.15) is 62.2 Å². The Morgan fingerprint density at radius 3 is 2.10 bits per heavy atom. The number of anilines is 1. The second-order valence-electron chi connectivity index (χ2n) is 10.0. The van der Waals surface area contributed by atoms with Crippen molar-refractivity contribution in [1.82, 2.24) is 4.90 Å². The SMILES string of the molecule is CCN(C(=O)C1CCN(c2ccc(C=O)cc2)CC1)C1C2CC3CC(C2)CC1C3. The molecule has 0 unspecified atom stereocenters. The molecule has 0 atom stereocenters. The van der Waals surface area contributed by atoms with E-state index < -0.39 is 0 Å². The van der Waals surface area contributed by atoms with Crippen molar-refractivity contribution >= 4 is 17.9 Å². The lowest BCUT2D eigenvalue weighted by atomic mass is 9.53. The lowest BCUT2D eigenvalue weighted by Crippen LogP contribution is -2.58. The van der Waals surface area contributed by atoms with Gasteiger partial charge < -0.3 is 9.80 Å². The number of nitrogens with zero attached hydrogens (tertiary/aromatic N) is 2. The van der Waals surface area contributed by atoms with Gasteiger partial charge in [-0.05, 0) is 99.8 Å². The third kappa shape index (κ3) is 3.49. The fourth-order valence-corrected chi connectivity index (χ4v) is 7.30. The molecule has 1 amide bonds. The molecule has 0 radical (unpaired) electrons. The fraction of sp³-hybridized carbons (Fsp3) is 0.680. The number of benzene rings is 1. The Labute approximate surface area is 174 Å². The van der Waals surface area contributed by atoms with Crippen molar-refractivity contribution in [1.29, 1.82) is 0 Å². The van der Waals surface area contributed by atoms with Gasteiger partial charge in [0.2, 0.25) is 5.91 Å². The van der Waals surface area contributed by atoms with E-state index in [1.807, 2.05) is 24.3 Å². The minimum atomic E-state index is 0.178. The van der Waals surface area contributed by atoms with E-state index in [2.05, 4.69) is 16.7 Å². The van der Waals surface area contributed by atoms with E-state index in [-0.39, 0.29) is 5.92 Å². The van der Waals surface area contributed by atoms with Gasteiger partial charge in [0.05, 0.1) is 0 Å². The molecule has 5 aliphatic rings. The Morgan fingerprint density at radius 1 is 1.00 bits per heavy atom. The Kier molecular flexibility index (Phi) is 5.13. The zero-order valence-corrected chi connectivity index (χ0v) is 17.6. The maximum atomic E-state index is 13.5. The van der Waals surface area contributed by atoms with Crippen LogP contribution >= 0.6 is 0 Å². The largest absolute Gasteiger partial charge is 0.371 e. The number of piperidine rings is 1. The summed E-state index contributed by atoms with van der Waals surface area (Å²) >= 11 is 0. The minimum Gasteiger partial charge on any atom is -0.371 e. The highest BCUT2D eigenvalue weighted by atomic mass is 16.2. The zero-order chi connectivity index (χ0) is 20.0. The van der Waals surface area contributed by atoms with Gasteiger partial charge in [0.1, 0.15) is 6.29 Å². The van der Waals surface area contributed by atoms with Crippen LogP contribution in [-0.2, 0) is 4.79 Å². The quantitative estimate of drug-likeness (QED) is 0.696. The van der Waals surface area contributed by atoms with E-state index in [0.717, 1.165) is 68.1 Å². The van der Waals surface area contributed by atoms with Crippen LogP contribution < -0.4 is 4.90 Å². The molecule has 156 valence electrons. The van der Waals surface area contributed by atoms with Crippen molar-refractivity contribution in [2.45, 2.75) is 57.9 Å². The summed E-state index contributed by atoms with van der Waals surface area (Å²) in [6.07, 6.45) is 9.72. The predicted molar refractivity (Wildman–Crippen MR) is 115 cm³/mol. The fourth-order valence-electron chi connectivity index (χ4n) is 7.30. The molecular weight excluding hydrogens is 360 g/mol. The molecule has 1 heterocycles. The Bertz CT molecular complexity index is 723. The summed E-state index contributed by atoms with van der Waals surface area (Å²) in [7, 11) is 0. The van der Waals surface area contributed by atoms with E-state index >= 15 is 0 Å². The van der Waals surface area contributed by atoms with Crippen LogP contribution in [0.2, 0.25) is 0 Å². The Morgan fingerprint density at radius 2 is 1.59 bits per heavy atom. The van der Waals surface area contributed by atoms with Gasteiger partial charge in [0, 0.05) is 42.8 Å². The molecule has 5 fully saturated rings. The maximum Gasteiger partial charge on any atom is 0.226 e. The van der Waals surface area contributed by atoms with Gasteiger partial charge in [-0.1, -0.05) is 0 Å². The van der Waals surface area contributed by atoms with Crippen LogP contribution in [0.4, 0.5) is 5.69 Å². The van der Waals surface area contributed by atoms with Crippen LogP contribution in [-0.4, -0.2) is 42.8 Å². The molecule has 4 heteroatoms. The molecule has 1 aromatic carbocycles. The van der Waals surface area contributed by atoms with Crippen molar-refractivity contribution in [3.8, 4) is 0 Å². The van der Waals surface area contributed by atoms with Gasteiger partial charge in [-0.2, -0.15) is 0 Å². The first-order valence-electron chi connectivity index (χ1n) is 11.8. The van der Waals surface area contributed by atoms with Crippen LogP contribution in [0.3, 0.4) is 0 Å². The van der Waals surface area contributed by atoms with Crippen molar-refractivity contribution in [2.24, 2.45) is 29.6 Å². The molecule has 29 heavy (non-hydrogen) atoms. The second kappa shape index (κ2) is 7.77. The molecule has 0 aromatic heterocycles. The highest BCUT2D eigenvalue weighted by Gasteiger charge is 2.51. The summed E-state index contributed by atoms with van der Waals surface area (Å²) in [5.41, 5.74) is 1.88. The van der Waals surface area contributed by atoms with Crippen molar-refractivity contribution in [3.63, 3.8) is 0 Å². The van der Waals surface area contributed by atoms with Gasteiger partial charge >= 0.3 is 0 Å². The van der Waals surface area contributed by atoms with Crippen LogP contribution in [0.25, 0.3) is 0 Å². The predicted octanol–water partition coefficient (Wildman–Crippen LogP) is 4.39. The van der Waals surface area contributed by atoms with Crippen molar-refractivity contribution in [3.05, 3.63) is 29.8 Å². The number of carbonyl (C=O) groups excluding carboxylic acids is 2. The number of carbonyl (C=O) groups is 2. The van der Waals surface area contributed by atoms with Crippen LogP contribution in [0, 0.1) is 29.6 Å². The molecule has 4 aliphatic carbocycles. The number of hydrogen-bond donors (Lipinski definition) is 0. The second-order valence-corrected chi connectivity index (χ2v) is 10.0. The van der Waals surface area contributed by atoms with E-state index in [1.165, 1.54) is 32.1 Å². The smallest absolute Gasteiger partial charge is 0.226 e. The Hall–Kier alpha value is -1.84. The van der Waals surface area contributed by atoms with Gasteiger partial charge in [0.15, 0.2) is 0 Å². The van der Waals surface area contributed by atoms with E-state index in [1.54, 1.807) is 0 Å². The average Bonchev–Trinajstić information content (AvgIpc) is 2.75. The summed E-state index contributed by atoms with van der Waals surface area (Å²) in [6.45, 7) is 4.91. The summed E-state index contributed by atoms with van der Waals surface area (Å²) in [4.78, 5) is 29.1. The summed E-state index contributed by atoms with van der Waals surface area (Å²) < 4.78 is 0. The highest BCUT2D eigenvalue weighted by molar-refractivity contribution is 5.80. The van der Waals surface area contributed by atoms with Crippen molar-refractivity contribution < 1.29 is 9.59 Å². The monoisotopic (exact) mass is 394 g/mol. The topological polar surface area (TPSA) is 40.6 Å². The van der Waals surface area contributed by atoms with Crippen LogP contribution in [0.5, 0.6) is 0 Å². The molecule has 4 bridgehead atoms. The third-order valence-corrected chi connectivity index (χ3v) is 8.40. The normalized spacial score (nSPS) is 33.7. The van der Waals surface area contributed by atoms with E-state index in [9.17, 15) is 9.59 Å². The van der Waals surface area contributed by atoms with Gasteiger partial charge in [-0.3, -0.25) is 9.59 Å². The maximum absolute atomic E-state index is 13.5. The zero-order valence-electron chi connectivity index (χ0n) is 17.6. The van der Waals surface area contributed by atoms with Gasteiger partial charge in [-0.15, -0.1) is 0 Å². The molecule has 6 rings (SSSR count). The minimum absolute atomic E-state index is 0.178. The summed E-state index contributed by atoms with van der Waals surface area (Å²) in [5, 5.41) is 0. The number of amides is 1. The molecule has 1 aromatic rings. The van der Waals surface area contributed by atoms with Gasteiger partial charge in [-0.25, -0.2) is 0 Å². The molecule has 1 saturated heterocycles. The van der Waals surface area contributed by atoms with Gasteiger partial charge in [0.25, 0.3) is 0 Å². The number of rotatable bonds is 5. The molecule has 0 N–H and O–H groups in total. The first-order valence-corrected chi connectivity index (χ1v) is 11.8. The highest BCUT2D eigenvalue weighted by Crippen LogP contribution is 2.55. The lowest BCUT2D eigenvalue weighted by molar-refractivity contribution is -0.148. The summed E-state index contributed by atoms with van der Waals surface area (Å²) in [6, 6.07) is 8.34. The van der Waals surface area contributed by atoms with E-state index in [0.29, 0.717) is 17.5 Å².